The fraction of sp³-hybridized carbons (Fsp3) is 0. The molecule has 2 aromatic heterocycles. The largest absolute Gasteiger partial charge is 0.300 e. The highest BCUT2D eigenvalue weighted by Crippen LogP contribution is 2.16. The van der Waals surface area contributed by atoms with E-state index in [4.69, 9.17) is 0 Å². The van der Waals surface area contributed by atoms with Crippen molar-refractivity contribution in [1.82, 2.24) is 14.6 Å². The number of nitrogens with zero attached hydrogens (tertiary/aromatic N) is 3. The van der Waals surface area contributed by atoms with Gasteiger partial charge in [-0.15, -0.1) is 0 Å². The molecule has 4 rings (SSSR count). The third-order valence-corrected chi connectivity index (χ3v) is 5.31. The maximum Gasteiger partial charge on any atom is 0.300 e. The van der Waals surface area contributed by atoms with Crippen molar-refractivity contribution in [3.63, 3.8) is 0 Å². The van der Waals surface area contributed by atoms with Crippen molar-refractivity contribution in [2.24, 2.45) is 0 Å². The van der Waals surface area contributed by atoms with Crippen molar-refractivity contribution in [3.8, 4) is 11.3 Å². The summed E-state index contributed by atoms with van der Waals surface area (Å²) in [6, 6.07) is 16.6. The van der Waals surface area contributed by atoms with Crippen LogP contribution in [0.15, 0.2) is 68.7 Å². The van der Waals surface area contributed by atoms with Crippen LogP contribution in [-0.2, 0) is 0 Å². The molecule has 4 aromatic rings. The molecule has 0 atom stereocenters. The third-order valence-electron chi connectivity index (χ3n) is 3.62. The Bertz CT molecular complexity index is 1250. The first-order valence-corrected chi connectivity index (χ1v) is 9.00. The molecule has 0 aliphatic carbocycles. The van der Waals surface area contributed by atoms with Crippen molar-refractivity contribution >= 4 is 38.3 Å². The van der Waals surface area contributed by atoms with Crippen molar-refractivity contribution in [1.29, 1.82) is 0 Å². The highest BCUT2D eigenvalue weighted by Gasteiger charge is 2.12. The van der Waals surface area contributed by atoms with Crippen molar-refractivity contribution < 1.29 is 0 Å². The third kappa shape index (κ3) is 2.92. The van der Waals surface area contributed by atoms with Gasteiger partial charge in [-0.25, -0.2) is 0 Å². The molecule has 5 nitrogen and oxygen atoms in total. The van der Waals surface area contributed by atoms with Crippen molar-refractivity contribution in [2.75, 3.05) is 0 Å². The summed E-state index contributed by atoms with van der Waals surface area (Å²) in [5.41, 5.74) is 0.939. The van der Waals surface area contributed by atoms with Crippen LogP contribution < -0.4 is 15.7 Å². The number of halogens is 1. The van der Waals surface area contributed by atoms with Gasteiger partial charge in [0.15, 0.2) is 5.69 Å². The van der Waals surface area contributed by atoms with Crippen LogP contribution in [0.5, 0.6) is 0 Å². The van der Waals surface area contributed by atoms with E-state index in [0.29, 0.717) is 10.1 Å². The van der Waals surface area contributed by atoms with E-state index < -0.39 is 5.56 Å². The van der Waals surface area contributed by atoms with Gasteiger partial charge in [-0.2, -0.15) is 14.6 Å². The molecule has 25 heavy (non-hydrogen) atoms. The molecule has 0 N–H and O–H groups in total. The number of hydrogen-bond donors (Lipinski definition) is 0. The van der Waals surface area contributed by atoms with E-state index in [1.165, 1.54) is 4.52 Å². The molecule has 2 heterocycles. The second kappa shape index (κ2) is 6.34. The topological polar surface area (TPSA) is 64.3 Å². The van der Waals surface area contributed by atoms with Gasteiger partial charge in [0.25, 0.3) is 5.56 Å². The summed E-state index contributed by atoms with van der Waals surface area (Å²) in [4.78, 5) is 29.2. The second-order valence-electron chi connectivity index (χ2n) is 5.26. The summed E-state index contributed by atoms with van der Waals surface area (Å²) < 4.78 is 2.54. The van der Waals surface area contributed by atoms with Crippen LogP contribution in [0, 0.1) is 0 Å². The van der Waals surface area contributed by atoms with Gasteiger partial charge in [0.05, 0.1) is 4.53 Å². The zero-order chi connectivity index (χ0) is 17.4. The Morgan fingerprint density at radius 2 is 1.72 bits per heavy atom. The van der Waals surface area contributed by atoms with Crippen LogP contribution in [0.1, 0.15) is 5.56 Å². The van der Waals surface area contributed by atoms with Gasteiger partial charge in [-0.05, 0) is 17.7 Å². The Morgan fingerprint density at radius 3 is 2.48 bits per heavy atom. The number of fused-ring (bicyclic) bond motifs is 1. The van der Waals surface area contributed by atoms with E-state index >= 15 is 0 Å². The van der Waals surface area contributed by atoms with Crippen molar-refractivity contribution in [2.45, 2.75) is 0 Å². The molecule has 0 fully saturated rings. The summed E-state index contributed by atoms with van der Waals surface area (Å²) in [5, 5.41) is 4.24. The number of benzene rings is 2. The molecule has 0 aliphatic rings. The number of rotatable bonds is 2. The predicted molar refractivity (Wildman–Crippen MR) is 102 cm³/mol. The average molecular weight is 412 g/mol. The molecule has 7 heteroatoms. The van der Waals surface area contributed by atoms with Gasteiger partial charge >= 0.3 is 5.56 Å². The lowest BCUT2D eigenvalue weighted by Gasteiger charge is -1.98. The zero-order valence-corrected chi connectivity index (χ0v) is 15.1. The highest BCUT2D eigenvalue weighted by molar-refractivity contribution is 9.10. The molecule has 0 bridgehead atoms. The standard InChI is InChI=1S/C18H10BrN3O2S/c19-13-9-5-4-8-12(13)10-14-17(24)22-18(25-14)20-16(23)15(21-22)11-6-2-1-3-7-11/h1-10H/b14-10-. The molecular weight excluding hydrogens is 402 g/mol. The molecular formula is C18H10BrN3O2S. The smallest absolute Gasteiger partial charge is 0.266 e. The molecule has 0 spiro atoms. The predicted octanol–water partition coefficient (Wildman–Crippen LogP) is 2.49. The number of aromatic nitrogens is 3. The Morgan fingerprint density at radius 1 is 1.00 bits per heavy atom. The molecule has 0 unspecified atom stereocenters. The molecule has 0 radical (unpaired) electrons. The van der Waals surface area contributed by atoms with E-state index in [0.717, 1.165) is 21.4 Å². The number of hydrogen-bond acceptors (Lipinski definition) is 5. The van der Waals surface area contributed by atoms with Crippen molar-refractivity contribution in [3.05, 3.63) is 89.9 Å². The van der Waals surface area contributed by atoms with Gasteiger partial charge in [0.1, 0.15) is 0 Å². The molecule has 0 amide bonds. The summed E-state index contributed by atoms with van der Waals surface area (Å²) in [6.07, 6.45) is 1.76. The maximum atomic E-state index is 12.7. The van der Waals surface area contributed by atoms with E-state index in [1.54, 1.807) is 18.2 Å². The minimum Gasteiger partial charge on any atom is -0.266 e. The fourth-order valence-electron chi connectivity index (χ4n) is 2.42. The first-order valence-electron chi connectivity index (χ1n) is 7.39. The first kappa shape index (κ1) is 15.9. The molecule has 0 saturated heterocycles. The van der Waals surface area contributed by atoms with Crippen LogP contribution in [0.3, 0.4) is 0 Å². The highest BCUT2D eigenvalue weighted by atomic mass is 79.9. The molecule has 0 saturated carbocycles. The summed E-state index contributed by atoms with van der Waals surface area (Å²) in [7, 11) is 0. The van der Waals surface area contributed by atoms with Gasteiger partial charge < -0.3 is 0 Å². The zero-order valence-electron chi connectivity index (χ0n) is 12.7. The lowest BCUT2D eigenvalue weighted by atomic mass is 10.2. The minimum atomic E-state index is -0.445. The Hall–Kier alpha value is -2.64. The molecule has 122 valence electrons. The normalized spacial score (nSPS) is 12.0. The van der Waals surface area contributed by atoms with Crippen LogP contribution in [0.25, 0.3) is 22.3 Å². The summed E-state index contributed by atoms with van der Waals surface area (Å²) in [5.74, 6) is 0. The second-order valence-corrected chi connectivity index (χ2v) is 7.13. The van der Waals surface area contributed by atoms with Gasteiger partial charge in [-0.3, -0.25) is 9.59 Å². The van der Waals surface area contributed by atoms with Gasteiger partial charge in [0, 0.05) is 10.0 Å². The van der Waals surface area contributed by atoms with E-state index in [1.807, 2.05) is 42.5 Å². The Labute approximate surface area is 154 Å². The monoisotopic (exact) mass is 411 g/mol. The first-order chi connectivity index (χ1) is 12.1. The van der Waals surface area contributed by atoms with Crippen LogP contribution in [-0.4, -0.2) is 14.6 Å². The van der Waals surface area contributed by atoms with E-state index in [-0.39, 0.29) is 16.2 Å². The summed E-state index contributed by atoms with van der Waals surface area (Å²) >= 11 is 4.61. The molecule has 2 aromatic carbocycles. The van der Waals surface area contributed by atoms with E-state index in [9.17, 15) is 9.59 Å². The Balaban J connectivity index is 1.97. The summed E-state index contributed by atoms with van der Waals surface area (Å²) in [6.45, 7) is 0. The van der Waals surface area contributed by atoms with E-state index in [2.05, 4.69) is 26.0 Å². The quantitative estimate of drug-likeness (QED) is 0.508. The fourth-order valence-corrected chi connectivity index (χ4v) is 3.71. The lowest BCUT2D eigenvalue weighted by Crippen LogP contribution is -2.26. The maximum absolute atomic E-state index is 12.7. The van der Waals surface area contributed by atoms with Crippen LogP contribution in [0.4, 0.5) is 0 Å². The minimum absolute atomic E-state index is 0.167. The van der Waals surface area contributed by atoms with Gasteiger partial charge in [0.2, 0.25) is 4.96 Å². The molecule has 0 aliphatic heterocycles. The van der Waals surface area contributed by atoms with Crippen LogP contribution in [0.2, 0.25) is 0 Å². The SMILES string of the molecule is O=c1nc2s/c(=C\c3ccccc3Br)c(=O)n2nc1-c1ccccc1. The lowest BCUT2D eigenvalue weighted by molar-refractivity contribution is 0.873. The number of thiazole rings is 1. The average Bonchev–Trinajstić information content (AvgIpc) is 2.92. The van der Waals surface area contributed by atoms with Gasteiger partial charge in [-0.1, -0.05) is 75.8 Å². The Kier molecular flexibility index (Phi) is 4.03. The van der Waals surface area contributed by atoms with Crippen LogP contribution >= 0.6 is 27.3 Å².